The van der Waals surface area contributed by atoms with Crippen molar-refractivity contribution in [2.45, 2.75) is 45.0 Å². The summed E-state index contributed by atoms with van der Waals surface area (Å²) in [6.45, 7) is 5.87. The molecule has 1 aliphatic carbocycles. The molecule has 3 N–H and O–H groups in total. The average Bonchev–Trinajstić information content (AvgIpc) is 3.19. The smallest absolute Gasteiger partial charge is 0.252 e. The van der Waals surface area contributed by atoms with E-state index >= 15 is 4.39 Å². The van der Waals surface area contributed by atoms with Crippen molar-refractivity contribution >= 4 is 45.9 Å². The van der Waals surface area contributed by atoms with Gasteiger partial charge < -0.3 is 15.5 Å². The van der Waals surface area contributed by atoms with Crippen LogP contribution in [-0.4, -0.2) is 50.6 Å². The summed E-state index contributed by atoms with van der Waals surface area (Å²) in [5.74, 6) is -1.65. The van der Waals surface area contributed by atoms with Crippen molar-refractivity contribution in [3.05, 3.63) is 50.6 Å². The van der Waals surface area contributed by atoms with Crippen molar-refractivity contribution in [2.24, 2.45) is 5.92 Å². The summed E-state index contributed by atoms with van der Waals surface area (Å²) in [5, 5.41) is 13.2. The number of benzene rings is 1. The molecule has 0 radical (unpaired) electrons. The van der Waals surface area contributed by atoms with E-state index in [-0.39, 0.29) is 24.1 Å². The molecule has 1 aliphatic heterocycles. The van der Waals surface area contributed by atoms with Crippen LogP contribution in [0.25, 0.3) is 0 Å². The van der Waals surface area contributed by atoms with E-state index in [1.807, 2.05) is 19.9 Å². The number of alkyl halides is 2. The van der Waals surface area contributed by atoms with E-state index in [1.165, 1.54) is 0 Å². The van der Waals surface area contributed by atoms with Gasteiger partial charge in [-0.2, -0.15) is 10.1 Å². The predicted molar refractivity (Wildman–Crippen MR) is 137 cm³/mol. The van der Waals surface area contributed by atoms with Gasteiger partial charge in [0.25, 0.3) is 5.92 Å². The van der Waals surface area contributed by atoms with Crippen LogP contribution in [0.15, 0.2) is 24.4 Å². The molecule has 35 heavy (non-hydrogen) atoms. The molecule has 5 rings (SSSR count). The molecule has 1 atom stereocenters. The monoisotopic (exact) mass is 597 g/mol. The SMILES string of the molecule is Cc1cc(Nc2nc(Nc3cc(C)c(C4CCN(CC5CC5(F)F)CC4)cc3F)ncc2I)n[nH]1. The highest BCUT2D eigenvalue weighted by atomic mass is 127. The van der Waals surface area contributed by atoms with Crippen molar-refractivity contribution in [1.29, 1.82) is 0 Å². The minimum absolute atomic E-state index is 0.0101. The maximum absolute atomic E-state index is 15.1. The summed E-state index contributed by atoms with van der Waals surface area (Å²) in [4.78, 5) is 10.9. The molecular formula is C24H27F3IN7. The van der Waals surface area contributed by atoms with Gasteiger partial charge in [-0.1, -0.05) is 0 Å². The number of anilines is 4. The molecule has 2 aliphatic rings. The number of aromatic amines is 1. The van der Waals surface area contributed by atoms with E-state index < -0.39 is 11.8 Å². The summed E-state index contributed by atoms with van der Waals surface area (Å²) in [7, 11) is 0. The highest BCUT2D eigenvalue weighted by Gasteiger charge is 2.57. The third-order valence-electron chi connectivity index (χ3n) is 6.76. The summed E-state index contributed by atoms with van der Waals surface area (Å²) in [6.07, 6.45) is 3.35. The molecule has 1 unspecified atom stereocenters. The molecule has 3 aromatic rings. The highest BCUT2D eigenvalue weighted by Crippen LogP contribution is 2.49. The topological polar surface area (TPSA) is 81.8 Å². The van der Waals surface area contributed by atoms with Crippen LogP contribution in [0.2, 0.25) is 0 Å². The van der Waals surface area contributed by atoms with E-state index in [1.54, 1.807) is 18.3 Å². The van der Waals surface area contributed by atoms with Gasteiger partial charge in [0, 0.05) is 36.8 Å². The van der Waals surface area contributed by atoms with Crippen LogP contribution in [-0.2, 0) is 0 Å². The second kappa shape index (κ2) is 9.57. The van der Waals surface area contributed by atoms with Crippen molar-refractivity contribution in [3.8, 4) is 0 Å². The second-order valence-corrected chi connectivity index (χ2v) is 10.7. The third kappa shape index (κ3) is 5.55. The Morgan fingerprint density at radius 3 is 2.57 bits per heavy atom. The fraction of sp³-hybridized carbons (Fsp3) is 0.458. The van der Waals surface area contributed by atoms with Gasteiger partial charge in [-0.15, -0.1) is 0 Å². The molecule has 1 saturated carbocycles. The van der Waals surface area contributed by atoms with E-state index in [9.17, 15) is 8.78 Å². The molecule has 11 heteroatoms. The van der Waals surface area contributed by atoms with Crippen LogP contribution in [0.3, 0.4) is 0 Å². The molecule has 1 saturated heterocycles. The molecule has 7 nitrogen and oxygen atoms in total. The summed E-state index contributed by atoms with van der Waals surface area (Å²) in [6, 6.07) is 5.23. The molecule has 1 aromatic carbocycles. The van der Waals surface area contributed by atoms with Crippen molar-refractivity contribution in [1.82, 2.24) is 25.1 Å². The number of nitrogens with zero attached hydrogens (tertiary/aromatic N) is 4. The Labute approximate surface area is 215 Å². The van der Waals surface area contributed by atoms with Gasteiger partial charge in [-0.3, -0.25) is 5.10 Å². The van der Waals surface area contributed by atoms with Crippen LogP contribution >= 0.6 is 22.6 Å². The van der Waals surface area contributed by atoms with Crippen molar-refractivity contribution in [2.75, 3.05) is 30.3 Å². The quantitative estimate of drug-likeness (QED) is 0.295. The van der Waals surface area contributed by atoms with Gasteiger partial charge in [-0.25, -0.2) is 18.2 Å². The minimum Gasteiger partial charge on any atom is -0.322 e. The number of rotatable bonds is 7. The van der Waals surface area contributed by atoms with E-state index in [4.69, 9.17) is 0 Å². The molecule has 186 valence electrons. The standard InChI is InChI=1S/C24H27F3IN7/c1-13-7-20(30-23-29-11-19(28)22(32-23)31-21-8-14(2)33-34-21)18(25)9-17(13)15-3-5-35(6-4-15)12-16-10-24(16,26)27/h7-9,11,15-16H,3-6,10,12H2,1-2H3,(H3,29,30,31,32,33,34). The lowest BCUT2D eigenvalue weighted by Crippen LogP contribution is -2.35. The van der Waals surface area contributed by atoms with Gasteiger partial charge in [-0.05, 0) is 91.5 Å². The van der Waals surface area contributed by atoms with Crippen LogP contribution in [0, 0.1) is 29.2 Å². The third-order valence-corrected chi connectivity index (χ3v) is 7.55. The second-order valence-electron chi connectivity index (χ2n) is 9.50. The maximum atomic E-state index is 15.1. The summed E-state index contributed by atoms with van der Waals surface area (Å²) >= 11 is 2.13. The number of H-pyrrole nitrogens is 1. The number of aromatic nitrogens is 4. The first-order valence-electron chi connectivity index (χ1n) is 11.7. The fourth-order valence-electron chi connectivity index (χ4n) is 4.68. The van der Waals surface area contributed by atoms with E-state index in [2.05, 4.69) is 58.3 Å². The van der Waals surface area contributed by atoms with E-state index in [0.29, 0.717) is 23.9 Å². The van der Waals surface area contributed by atoms with Crippen molar-refractivity contribution in [3.63, 3.8) is 0 Å². The number of piperidine rings is 1. The molecular weight excluding hydrogens is 570 g/mol. The van der Waals surface area contributed by atoms with Gasteiger partial charge >= 0.3 is 0 Å². The molecule has 0 spiro atoms. The van der Waals surface area contributed by atoms with Crippen LogP contribution in [0.5, 0.6) is 0 Å². The molecule has 3 heterocycles. The number of halogens is 4. The Hall–Kier alpha value is -2.41. The number of hydrogen-bond acceptors (Lipinski definition) is 6. The normalized spacial score (nSPS) is 20.1. The minimum atomic E-state index is -2.48. The van der Waals surface area contributed by atoms with Gasteiger partial charge in [0.2, 0.25) is 5.95 Å². The van der Waals surface area contributed by atoms with E-state index in [0.717, 1.165) is 46.3 Å². The first-order chi connectivity index (χ1) is 16.7. The number of hydrogen-bond donors (Lipinski definition) is 3. The fourth-order valence-corrected chi connectivity index (χ4v) is 5.07. The summed E-state index contributed by atoms with van der Waals surface area (Å²) in [5.41, 5.74) is 3.19. The van der Waals surface area contributed by atoms with Gasteiger partial charge in [0.05, 0.1) is 9.26 Å². The number of nitrogens with one attached hydrogen (secondary N) is 3. The average molecular weight is 597 g/mol. The molecule has 0 bridgehead atoms. The lowest BCUT2D eigenvalue weighted by molar-refractivity contribution is 0.0831. The molecule has 2 fully saturated rings. The Bertz CT molecular complexity index is 1220. The zero-order valence-electron chi connectivity index (χ0n) is 19.5. The van der Waals surface area contributed by atoms with Gasteiger partial charge in [0.15, 0.2) is 11.6 Å². The Morgan fingerprint density at radius 2 is 1.91 bits per heavy atom. The van der Waals surface area contributed by atoms with Crippen LogP contribution < -0.4 is 10.6 Å². The Balaban J connectivity index is 1.25. The summed E-state index contributed by atoms with van der Waals surface area (Å²) < 4.78 is 42.4. The van der Waals surface area contributed by atoms with Crippen molar-refractivity contribution < 1.29 is 13.2 Å². The number of likely N-dealkylation sites (tertiary alicyclic amines) is 1. The molecule has 0 amide bonds. The number of aryl methyl sites for hydroxylation is 2. The Kier molecular flexibility index (Phi) is 6.64. The lowest BCUT2D eigenvalue weighted by atomic mass is 9.86. The highest BCUT2D eigenvalue weighted by molar-refractivity contribution is 14.1. The largest absolute Gasteiger partial charge is 0.322 e. The predicted octanol–water partition coefficient (Wildman–Crippen LogP) is 5.88. The first kappa shape index (κ1) is 24.3. The van der Waals surface area contributed by atoms with Crippen LogP contribution in [0.1, 0.15) is 42.0 Å². The van der Waals surface area contributed by atoms with Crippen LogP contribution in [0.4, 0.5) is 36.4 Å². The maximum Gasteiger partial charge on any atom is 0.252 e. The Morgan fingerprint density at radius 1 is 1.17 bits per heavy atom. The first-order valence-corrected chi connectivity index (χ1v) is 12.7. The molecule has 2 aromatic heterocycles. The van der Waals surface area contributed by atoms with Gasteiger partial charge in [0.1, 0.15) is 5.82 Å². The zero-order valence-corrected chi connectivity index (χ0v) is 21.7. The lowest BCUT2D eigenvalue weighted by Gasteiger charge is -2.33. The zero-order chi connectivity index (χ0) is 24.7.